The number of phosphoric ester groups is 1. The molecule has 0 radical (unpaired) electrons. The third-order valence-corrected chi connectivity index (χ3v) is 11.4. The Hall–Kier alpha value is -3.00. The second kappa shape index (κ2) is 11.1. The van der Waals surface area contributed by atoms with Gasteiger partial charge in [0.25, 0.3) is 0 Å². The first-order valence-electron chi connectivity index (χ1n) is 15.2. The fourth-order valence-corrected chi connectivity index (χ4v) is 9.20. The van der Waals surface area contributed by atoms with Gasteiger partial charge in [0.15, 0.2) is 29.1 Å². The summed E-state index contributed by atoms with van der Waals surface area (Å²) in [6.07, 6.45) is 2.72. The fraction of sp³-hybridized carbons (Fsp3) is 0.586. The number of rotatable bonds is 8. The van der Waals surface area contributed by atoms with Crippen molar-refractivity contribution in [3.63, 3.8) is 0 Å². The topological polar surface area (TPSA) is 168 Å². The SMILES string of the molecule is C[C@@]12OC(=O)O[C@@H]1[C@@H](CO[P@@]1(=O)OCC[C@@H](c3cccc(Cl)c3)O1)O[C@H]2n1cnc2nc(N)nc(OCC3CC4CCC3C4)c21. The third kappa shape index (κ3) is 5.25. The van der Waals surface area contributed by atoms with E-state index in [0.29, 0.717) is 41.1 Å². The molecule has 5 fully saturated rings. The van der Waals surface area contributed by atoms with E-state index < -0.39 is 44.1 Å². The van der Waals surface area contributed by atoms with Gasteiger partial charge in [-0.15, -0.1) is 0 Å². The van der Waals surface area contributed by atoms with Crippen LogP contribution in [0.15, 0.2) is 30.6 Å². The predicted octanol–water partition coefficient (Wildman–Crippen LogP) is 5.37. The van der Waals surface area contributed by atoms with Crippen LogP contribution in [-0.4, -0.2) is 63.3 Å². The Labute approximate surface area is 263 Å². The minimum absolute atomic E-state index is 0.0299. The van der Waals surface area contributed by atoms with Crippen LogP contribution < -0.4 is 10.5 Å². The molecular weight excluding hydrogens is 629 g/mol. The molecule has 3 aliphatic heterocycles. The largest absolute Gasteiger partial charge is 0.509 e. The van der Waals surface area contributed by atoms with E-state index in [2.05, 4.69) is 15.0 Å². The molecule has 8 rings (SSSR count). The van der Waals surface area contributed by atoms with E-state index in [9.17, 15) is 9.36 Å². The smallest absolute Gasteiger partial charge is 0.476 e. The standard InChI is InChI=1S/C29H33ClN5O9P/c1-29-23(42-28(36)43-29)21(13-40-45(37)39-8-7-20(44-45)17-3-2-4-19(30)11-17)41-26(29)35-14-32-24-22(35)25(34-27(31)33-24)38-12-18-10-15-5-6-16(18)9-15/h2-4,11,14-16,18,20-21,23,26H,5-10,12-13H2,1H3,(H2,31,33,34)/t15?,16?,18?,20-,21+,23+,26+,29+,45+/m0/s1. The molecule has 240 valence electrons. The monoisotopic (exact) mass is 661 g/mol. The number of aromatic nitrogens is 4. The van der Waals surface area contributed by atoms with Crippen LogP contribution in [0, 0.1) is 17.8 Å². The molecule has 0 spiro atoms. The summed E-state index contributed by atoms with van der Waals surface area (Å²) in [6, 6.07) is 7.11. The molecule has 45 heavy (non-hydrogen) atoms. The van der Waals surface area contributed by atoms with E-state index in [0.717, 1.165) is 17.9 Å². The lowest BCUT2D eigenvalue weighted by atomic mass is 9.90. The highest BCUT2D eigenvalue weighted by Gasteiger charge is 2.64. The van der Waals surface area contributed by atoms with Crippen LogP contribution in [0.25, 0.3) is 11.2 Å². The fourth-order valence-electron chi connectivity index (χ4n) is 7.61. The number of ether oxygens (including phenoxy) is 4. The van der Waals surface area contributed by atoms with Gasteiger partial charge in [-0.3, -0.25) is 18.1 Å². The van der Waals surface area contributed by atoms with Crippen molar-refractivity contribution in [1.29, 1.82) is 0 Å². The number of phosphoric acid groups is 1. The normalized spacial score (nSPS) is 37.1. The molecule has 14 nitrogen and oxygen atoms in total. The number of hydrogen-bond acceptors (Lipinski definition) is 13. The van der Waals surface area contributed by atoms with Crippen molar-refractivity contribution in [2.45, 2.75) is 69.2 Å². The number of nitrogens with two attached hydrogens (primary N) is 1. The second-order valence-corrected chi connectivity index (χ2v) is 14.6. The lowest BCUT2D eigenvalue weighted by molar-refractivity contribution is -0.0925. The van der Waals surface area contributed by atoms with E-state index in [1.807, 2.05) is 6.07 Å². The van der Waals surface area contributed by atoms with Crippen LogP contribution >= 0.6 is 19.4 Å². The quantitative estimate of drug-likeness (QED) is 0.242. The number of carbonyl (C=O) groups is 1. The number of hydrogen-bond donors (Lipinski definition) is 1. The summed E-state index contributed by atoms with van der Waals surface area (Å²) in [5, 5.41) is 0.533. The lowest BCUT2D eigenvalue weighted by Gasteiger charge is -2.30. The highest BCUT2D eigenvalue weighted by atomic mass is 35.5. The summed E-state index contributed by atoms with van der Waals surface area (Å²) < 4.78 is 56.1. The molecule has 2 bridgehead atoms. The summed E-state index contributed by atoms with van der Waals surface area (Å²) >= 11 is 6.14. The zero-order valence-electron chi connectivity index (χ0n) is 24.5. The number of fused-ring (bicyclic) bond motifs is 4. The highest BCUT2D eigenvalue weighted by Crippen LogP contribution is 2.58. The van der Waals surface area contributed by atoms with Crippen LogP contribution in [0.1, 0.15) is 56.9 Å². The molecule has 16 heteroatoms. The minimum Gasteiger partial charge on any atom is -0.476 e. The zero-order chi connectivity index (χ0) is 30.9. The maximum atomic E-state index is 13.5. The summed E-state index contributed by atoms with van der Waals surface area (Å²) in [5.41, 5.74) is 6.21. The average molecular weight is 662 g/mol. The minimum atomic E-state index is -4.01. The van der Waals surface area contributed by atoms with E-state index in [4.69, 9.17) is 49.9 Å². The molecule has 5 heterocycles. The van der Waals surface area contributed by atoms with Gasteiger partial charge < -0.3 is 24.7 Å². The molecule has 5 aliphatic rings. The summed E-state index contributed by atoms with van der Waals surface area (Å²) in [7, 11) is -4.01. The van der Waals surface area contributed by atoms with Crippen molar-refractivity contribution >= 4 is 42.7 Å². The van der Waals surface area contributed by atoms with Gasteiger partial charge in [0, 0.05) is 11.4 Å². The molecule has 3 saturated heterocycles. The molecule has 1 aromatic carbocycles. The van der Waals surface area contributed by atoms with Crippen LogP contribution in [0.3, 0.4) is 0 Å². The first-order chi connectivity index (χ1) is 21.7. The van der Waals surface area contributed by atoms with Gasteiger partial charge in [-0.05, 0) is 61.6 Å². The maximum Gasteiger partial charge on any atom is 0.509 e. The zero-order valence-corrected chi connectivity index (χ0v) is 26.1. The van der Waals surface area contributed by atoms with Crippen molar-refractivity contribution in [2.24, 2.45) is 17.8 Å². The Morgan fingerprint density at radius 3 is 2.89 bits per heavy atom. The van der Waals surface area contributed by atoms with Gasteiger partial charge in [-0.1, -0.05) is 30.2 Å². The van der Waals surface area contributed by atoms with Gasteiger partial charge in [0.05, 0.1) is 25.9 Å². The van der Waals surface area contributed by atoms with Crippen molar-refractivity contribution in [3.8, 4) is 5.88 Å². The van der Waals surface area contributed by atoms with Crippen LogP contribution in [0.5, 0.6) is 5.88 Å². The molecule has 2 aromatic heterocycles. The predicted molar refractivity (Wildman–Crippen MR) is 157 cm³/mol. The molecule has 9 atom stereocenters. The van der Waals surface area contributed by atoms with Gasteiger partial charge in [0.1, 0.15) is 12.4 Å². The molecule has 2 aliphatic carbocycles. The van der Waals surface area contributed by atoms with E-state index in [1.54, 1.807) is 29.7 Å². The molecular formula is C29H33ClN5O9P. The Bertz CT molecular complexity index is 1690. The van der Waals surface area contributed by atoms with E-state index in [1.165, 1.54) is 25.6 Å². The van der Waals surface area contributed by atoms with Gasteiger partial charge in [-0.25, -0.2) is 14.3 Å². The Morgan fingerprint density at radius 1 is 1.20 bits per heavy atom. The van der Waals surface area contributed by atoms with Gasteiger partial charge >= 0.3 is 14.0 Å². The van der Waals surface area contributed by atoms with Crippen molar-refractivity contribution < 1.29 is 41.9 Å². The van der Waals surface area contributed by atoms with Crippen molar-refractivity contribution in [3.05, 3.63) is 41.2 Å². The third-order valence-electron chi connectivity index (χ3n) is 9.71. The summed E-state index contributed by atoms with van der Waals surface area (Å²) in [5.74, 6) is 2.18. The summed E-state index contributed by atoms with van der Waals surface area (Å²) in [6.45, 7) is 2.06. The van der Waals surface area contributed by atoms with E-state index in [-0.39, 0.29) is 25.0 Å². The Morgan fingerprint density at radius 2 is 2.09 bits per heavy atom. The highest BCUT2D eigenvalue weighted by molar-refractivity contribution is 7.48. The number of carbonyl (C=O) groups excluding carboxylic acids is 1. The van der Waals surface area contributed by atoms with Gasteiger partial charge in [0.2, 0.25) is 11.8 Å². The van der Waals surface area contributed by atoms with Crippen molar-refractivity contribution in [2.75, 3.05) is 25.6 Å². The number of nitrogen functional groups attached to an aromatic ring is 1. The van der Waals surface area contributed by atoms with Gasteiger partial charge in [-0.2, -0.15) is 9.97 Å². The average Bonchev–Trinajstić information content (AvgIpc) is 3.82. The number of imidazole rings is 1. The Kier molecular flexibility index (Phi) is 7.23. The first-order valence-corrected chi connectivity index (χ1v) is 17.0. The van der Waals surface area contributed by atoms with Crippen molar-refractivity contribution in [1.82, 2.24) is 19.5 Å². The number of benzene rings is 1. The molecule has 2 N–H and O–H groups in total. The molecule has 2 saturated carbocycles. The van der Waals surface area contributed by atoms with Crippen LogP contribution in [-0.2, 0) is 32.3 Å². The molecule has 3 aromatic rings. The van der Waals surface area contributed by atoms with Crippen LogP contribution in [0.4, 0.5) is 10.7 Å². The number of anilines is 1. The summed E-state index contributed by atoms with van der Waals surface area (Å²) in [4.78, 5) is 25.6. The molecule has 0 amide bonds. The van der Waals surface area contributed by atoms with Crippen LogP contribution in [0.2, 0.25) is 5.02 Å². The second-order valence-electron chi connectivity index (χ2n) is 12.6. The first kappa shape index (κ1) is 29.4. The Balaban J connectivity index is 1.03. The molecule has 3 unspecified atom stereocenters. The number of halogens is 1. The lowest BCUT2D eigenvalue weighted by Crippen LogP contribution is -2.42. The van der Waals surface area contributed by atoms with E-state index >= 15 is 0 Å². The maximum absolute atomic E-state index is 13.5. The number of nitrogens with zero attached hydrogens (tertiary/aromatic N) is 4.